The molecule has 1 unspecified atom stereocenters. The monoisotopic (exact) mass is 246 g/mol. The lowest BCUT2D eigenvalue weighted by Gasteiger charge is -2.10. The maximum Gasteiger partial charge on any atom is 0.161 e. The second-order valence-corrected chi connectivity index (χ2v) is 4.55. The summed E-state index contributed by atoms with van der Waals surface area (Å²) in [4.78, 5) is 12.0. The average Bonchev–Trinajstić information content (AvgIpc) is 2.71. The number of rotatable bonds is 3. The van der Waals surface area contributed by atoms with Crippen LogP contribution >= 0.6 is 0 Å². The highest BCUT2D eigenvalue weighted by molar-refractivity contribution is 6.03. The number of ether oxygens (including phenoxy) is 2. The number of allylic oxidation sites excluding steroid dienone is 1. The predicted molar refractivity (Wildman–Crippen MR) is 70.9 cm³/mol. The van der Waals surface area contributed by atoms with Crippen molar-refractivity contribution in [2.24, 2.45) is 5.92 Å². The number of Topliss-reactive ketones (excluding diaryl/α,β-unsaturated/α-hetero) is 1. The Bertz CT molecular complexity index is 466. The number of hydrogen-bond acceptors (Lipinski definition) is 3. The van der Waals surface area contributed by atoms with Gasteiger partial charge in [0.1, 0.15) is 11.5 Å². The minimum Gasteiger partial charge on any atom is -0.496 e. The Morgan fingerprint density at radius 1 is 1.22 bits per heavy atom. The van der Waals surface area contributed by atoms with Crippen LogP contribution in [0.1, 0.15) is 25.3 Å². The van der Waals surface area contributed by atoms with Gasteiger partial charge in [-0.15, -0.1) is 0 Å². The zero-order chi connectivity index (χ0) is 13.1. The topological polar surface area (TPSA) is 35.5 Å². The highest BCUT2D eigenvalue weighted by atomic mass is 16.5. The van der Waals surface area contributed by atoms with Gasteiger partial charge in [0.05, 0.1) is 19.8 Å². The Kier molecular flexibility index (Phi) is 3.70. The molecule has 1 aromatic rings. The first-order valence-corrected chi connectivity index (χ1v) is 6.13. The summed E-state index contributed by atoms with van der Waals surface area (Å²) in [6.45, 7) is 1.97. The van der Waals surface area contributed by atoms with Crippen molar-refractivity contribution < 1.29 is 14.3 Å². The molecule has 0 N–H and O–H groups in total. The third-order valence-electron chi connectivity index (χ3n) is 3.40. The van der Waals surface area contributed by atoms with Gasteiger partial charge in [-0.3, -0.25) is 4.79 Å². The first-order valence-electron chi connectivity index (χ1n) is 6.13. The van der Waals surface area contributed by atoms with Crippen LogP contribution in [0.15, 0.2) is 23.8 Å². The highest BCUT2D eigenvalue weighted by Crippen LogP contribution is 2.34. The van der Waals surface area contributed by atoms with E-state index in [1.54, 1.807) is 14.2 Å². The van der Waals surface area contributed by atoms with E-state index in [1.807, 2.05) is 31.2 Å². The number of ketones is 1. The molecule has 1 saturated carbocycles. The Balaban J connectivity index is 2.45. The van der Waals surface area contributed by atoms with E-state index in [0.717, 1.165) is 35.5 Å². The maximum atomic E-state index is 12.0. The third-order valence-corrected chi connectivity index (χ3v) is 3.40. The molecular weight excluding hydrogens is 228 g/mol. The summed E-state index contributed by atoms with van der Waals surface area (Å²) in [6, 6.07) is 5.62. The fourth-order valence-electron chi connectivity index (χ4n) is 2.28. The quantitative estimate of drug-likeness (QED) is 0.769. The van der Waals surface area contributed by atoms with Crippen molar-refractivity contribution in [2.75, 3.05) is 14.2 Å². The fraction of sp³-hybridized carbons (Fsp3) is 0.400. The molecule has 1 atom stereocenters. The van der Waals surface area contributed by atoms with E-state index in [2.05, 4.69) is 0 Å². The Morgan fingerprint density at radius 3 is 2.28 bits per heavy atom. The number of carbonyl (C=O) groups excluding carboxylic acids is 1. The molecule has 0 heterocycles. The molecule has 0 radical (unpaired) electrons. The van der Waals surface area contributed by atoms with E-state index in [4.69, 9.17) is 9.47 Å². The zero-order valence-electron chi connectivity index (χ0n) is 11.0. The molecule has 0 amide bonds. The van der Waals surface area contributed by atoms with Crippen LogP contribution in [0.4, 0.5) is 0 Å². The highest BCUT2D eigenvalue weighted by Gasteiger charge is 2.25. The maximum absolute atomic E-state index is 12.0. The zero-order valence-corrected chi connectivity index (χ0v) is 11.0. The molecule has 0 spiro atoms. The molecule has 3 heteroatoms. The van der Waals surface area contributed by atoms with Gasteiger partial charge >= 0.3 is 0 Å². The molecule has 1 aromatic carbocycles. The summed E-state index contributed by atoms with van der Waals surface area (Å²) in [5.74, 6) is 1.84. The number of hydrogen-bond donors (Lipinski definition) is 0. The lowest BCUT2D eigenvalue weighted by molar-refractivity contribution is -0.117. The van der Waals surface area contributed by atoms with E-state index >= 15 is 0 Å². The minimum absolute atomic E-state index is 0.136. The standard InChI is InChI=1S/C15H18O3/c1-10-7-8-11(15(10)16)9-12-13(17-2)5-4-6-14(12)18-3/h4-6,9-10H,7-8H2,1-3H3/b11-9+. The van der Waals surface area contributed by atoms with Gasteiger partial charge in [-0.05, 0) is 36.6 Å². The van der Waals surface area contributed by atoms with Crippen molar-refractivity contribution in [1.29, 1.82) is 0 Å². The molecule has 1 aliphatic carbocycles. The van der Waals surface area contributed by atoms with Gasteiger partial charge in [-0.25, -0.2) is 0 Å². The van der Waals surface area contributed by atoms with Gasteiger partial charge in [0, 0.05) is 5.92 Å². The molecule has 0 bridgehead atoms. The summed E-state index contributed by atoms with van der Waals surface area (Å²) in [5.41, 5.74) is 1.71. The van der Waals surface area contributed by atoms with E-state index < -0.39 is 0 Å². The predicted octanol–water partition coefficient (Wildman–Crippen LogP) is 3.09. The van der Waals surface area contributed by atoms with Gasteiger partial charge in [-0.1, -0.05) is 13.0 Å². The van der Waals surface area contributed by atoms with E-state index in [9.17, 15) is 4.79 Å². The van der Waals surface area contributed by atoms with Crippen LogP contribution in [0, 0.1) is 5.92 Å². The van der Waals surface area contributed by atoms with E-state index in [0.29, 0.717) is 0 Å². The molecule has 0 saturated heterocycles. The van der Waals surface area contributed by atoms with Gasteiger partial charge in [0.15, 0.2) is 5.78 Å². The first kappa shape index (κ1) is 12.7. The van der Waals surface area contributed by atoms with Crippen LogP contribution in [-0.4, -0.2) is 20.0 Å². The molecule has 18 heavy (non-hydrogen) atoms. The fourth-order valence-corrected chi connectivity index (χ4v) is 2.28. The molecular formula is C15H18O3. The van der Waals surface area contributed by atoms with Crippen LogP contribution in [0.2, 0.25) is 0 Å². The summed E-state index contributed by atoms with van der Waals surface area (Å²) in [6.07, 6.45) is 3.67. The van der Waals surface area contributed by atoms with E-state index in [-0.39, 0.29) is 11.7 Å². The summed E-state index contributed by atoms with van der Waals surface area (Å²) >= 11 is 0. The molecule has 96 valence electrons. The molecule has 3 nitrogen and oxygen atoms in total. The molecule has 0 aromatic heterocycles. The van der Waals surface area contributed by atoms with Gasteiger partial charge in [0.25, 0.3) is 0 Å². The van der Waals surface area contributed by atoms with E-state index in [1.165, 1.54) is 0 Å². The van der Waals surface area contributed by atoms with Crippen molar-refractivity contribution in [1.82, 2.24) is 0 Å². The van der Waals surface area contributed by atoms with Crippen LogP contribution in [0.3, 0.4) is 0 Å². The Labute approximate surface area is 107 Å². The lowest BCUT2D eigenvalue weighted by Crippen LogP contribution is -2.02. The second-order valence-electron chi connectivity index (χ2n) is 4.55. The Hall–Kier alpha value is -1.77. The van der Waals surface area contributed by atoms with Crippen molar-refractivity contribution in [3.8, 4) is 11.5 Å². The lowest BCUT2D eigenvalue weighted by atomic mass is 10.1. The van der Waals surface area contributed by atoms with Crippen LogP contribution in [0.25, 0.3) is 6.08 Å². The van der Waals surface area contributed by atoms with Crippen LogP contribution in [-0.2, 0) is 4.79 Å². The summed E-state index contributed by atoms with van der Waals surface area (Å²) in [7, 11) is 3.24. The van der Waals surface area contributed by atoms with Crippen molar-refractivity contribution in [3.63, 3.8) is 0 Å². The SMILES string of the molecule is COc1cccc(OC)c1/C=C1\CCC(C)C1=O. The molecule has 1 aliphatic rings. The minimum atomic E-state index is 0.136. The van der Waals surface area contributed by atoms with Crippen LogP contribution in [0.5, 0.6) is 11.5 Å². The summed E-state index contributed by atoms with van der Waals surface area (Å²) in [5, 5.41) is 0. The average molecular weight is 246 g/mol. The normalized spacial score (nSPS) is 21.4. The van der Waals surface area contributed by atoms with Crippen LogP contribution < -0.4 is 9.47 Å². The molecule has 1 fully saturated rings. The molecule has 2 rings (SSSR count). The van der Waals surface area contributed by atoms with Crippen molar-refractivity contribution >= 4 is 11.9 Å². The van der Waals surface area contributed by atoms with Gasteiger partial charge in [-0.2, -0.15) is 0 Å². The number of carbonyl (C=O) groups is 1. The largest absolute Gasteiger partial charge is 0.496 e. The second kappa shape index (κ2) is 5.25. The number of methoxy groups -OCH3 is 2. The van der Waals surface area contributed by atoms with Gasteiger partial charge in [0.2, 0.25) is 0 Å². The van der Waals surface area contributed by atoms with Crippen molar-refractivity contribution in [2.45, 2.75) is 19.8 Å². The molecule has 0 aliphatic heterocycles. The smallest absolute Gasteiger partial charge is 0.161 e. The number of benzene rings is 1. The van der Waals surface area contributed by atoms with Crippen molar-refractivity contribution in [3.05, 3.63) is 29.3 Å². The third kappa shape index (κ3) is 2.26. The summed E-state index contributed by atoms with van der Waals surface area (Å²) < 4.78 is 10.6. The van der Waals surface area contributed by atoms with Gasteiger partial charge < -0.3 is 9.47 Å². The Morgan fingerprint density at radius 2 is 1.83 bits per heavy atom. The first-order chi connectivity index (χ1) is 8.67.